The molecule has 5 rings (SSSR count). The number of amides is 1. The van der Waals surface area contributed by atoms with Gasteiger partial charge in [-0.15, -0.1) is 11.3 Å². The van der Waals surface area contributed by atoms with Crippen LogP contribution in [0, 0.1) is 0 Å². The summed E-state index contributed by atoms with van der Waals surface area (Å²) in [6.07, 6.45) is 0. The van der Waals surface area contributed by atoms with Crippen molar-refractivity contribution in [1.29, 1.82) is 0 Å². The lowest BCUT2D eigenvalue weighted by atomic mass is 10.1. The highest BCUT2D eigenvalue weighted by molar-refractivity contribution is 7.17. The molecule has 1 N–H and O–H groups in total. The molecule has 158 valence electrons. The molecule has 31 heavy (non-hydrogen) atoms. The normalized spacial score (nSPS) is 14.1. The minimum absolute atomic E-state index is 0.194. The van der Waals surface area contributed by atoms with Gasteiger partial charge in [-0.3, -0.25) is 4.79 Å². The van der Waals surface area contributed by atoms with Crippen molar-refractivity contribution in [2.45, 2.75) is 19.6 Å². The van der Waals surface area contributed by atoms with Crippen LogP contribution in [0.25, 0.3) is 10.4 Å². The molecule has 0 fully saturated rings. The number of benzene rings is 2. The maximum absolute atomic E-state index is 12.5. The van der Waals surface area contributed by atoms with Gasteiger partial charge in [-0.1, -0.05) is 18.2 Å². The molecule has 3 heterocycles. The lowest BCUT2D eigenvalue weighted by Crippen LogP contribution is -2.31. The third-order valence-corrected chi connectivity index (χ3v) is 6.32. The van der Waals surface area contributed by atoms with Crippen molar-refractivity contribution in [2.75, 3.05) is 13.4 Å². The number of esters is 1. The SMILES string of the molecule is CC(NC(=O)COC(=O)c1cc2c(s1)-c1ccccc1OC2)c1ccc2c(c1)OCO2. The van der Waals surface area contributed by atoms with Crippen molar-refractivity contribution in [3.05, 3.63) is 64.5 Å². The van der Waals surface area contributed by atoms with Crippen LogP contribution in [0.3, 0.4) is 0 Å². The van der Waals surface area contributed by atoms with E-state index in [1.165, 1.54) is 11.3 Å². The molecular formula is C23H19NO6S. The van der Waals surface area contributed by atoms with Crippen molar-refractivity contribution in [3.63, 3.8) is 0 Å². The van der Waals surface area contributed by atoms with Gasteiger partial charge in [0.25, 0.3) is 5.91 Å². The molecule has 0 aliphatic carbocycles. The van der Waals surface area contributed by atoms with Gasteiger partial charge < -0.3 is 24.3 Å². The van der Waals surface area contributed by atoms with Gasteiger partial charge in [-0.2, -0.15) is 0 Å². The number of fused-ring (bicyclic) bond motifs is 4. The molecule has 0 saturated carbocycles. The first-order valence-corrected chi connectivity index (χ1v) is 10.6. The van der Waals surface area contributed by atoms with Crippen LogP contribution in [0.1, 0.15) is 33.8 Å². The first-order chi connectivity index (χ1) is 15.1. The van der Waals surface area contributed by atoms with E-state index in [4.69, 9.17) is 18.9 Å². The predicted molar refractivity (Wildman–Crippen MR) is 113 cm³/mol. The first-order valence-electron chi connectivity index (χ1n) is 9.79. The lowest BCUT2D eigenvalue weighted by molar-refractivity contribution is -0.124. The van der Waals surface area contributed by atoms with E-state index in [1.807, 2.05) is 43.3 Å². The molecule has 1 amide bonds. The number of carbonyl (C=O) groups is 2. The van der Waals surface area contributed by atoms with E-state index < -0.39 is 5.97 Å². The summed E-state index contributed by atoms with van der Waals surface area (Å²) in [6, 6.07) is 14.7. The highest BCUT2D eigenvalue weighted by Gasteiger charge is 2.24. The van der Waals surface area contributed by atoms with Crippen LogP contribution in [0.4, 0.5) is 0 Å². The Balaban J connectivity index is 1.19. The van der Waals surface area contributed by atoms with E-state index in [1.54, 1.807) is 12.1 Å². The molecule has 2 aliphatic heterocycles. The van der Waals surface area contributed by atoms with Gasteiger partial charge in [0.05, 0.1) is 6.04 Å². The number of rotatable bonds is 5. The zero-order chi connectivity index (χ0) is 21.4. The molecule has 7 nitrogen and oxygen atoms in total. The molecule has 0 bridgehead atoms. The fourth-order valence-corrected chi connectivity index (χ4v) is 4.64. The van der Waals surface area contributed by atoms with Crippen LogP contribution in [0.15, 0.2) is 48.5 Å². The molecule has 1 unspecified atom stereocenters. The minimum Gasteiger partial charge on any atom is -0.488 e. The monoisotopic (exact) mass is 437 g/mol. The van der Waals surface area contributed by atoms with Crippen LogP contribution < -0.4 is 19.5 Å². The summed E-state index contributed by atoms with van der Waals surface area (Å²) >= 11 is 1.35. The largest absolute Gasteiger partial charge is 0.488 e. The highest BCUT2D eigenvalue weighted by Crippen LogP contribution is 2.42. The van der Waals surface area contributed by atoms with Crippen LogP contribution in [-0.2, 0) is 16.1 Å². The number of ether oxygens (including phenoxy) is 4. The van der Waals surface area contributed by atoms with Crippen molar-refractivity contribution in [1.82, 2.24) is 5.32 Å². The van der Waals surface area contributed by atoms with Crippen LogP contribution in [-0.4, -0.2) is 25.3 Å². The van der Waals surface area contributed by atoms with E-state index in [9.17, 15) is 9.59 Å². The van der Waals surface area contributed by atoms with E-state index in [0.29, 0.717) is 23.0 Å². The average Bonchev–Trinajstić information content (AvgIpc) is 3.44. The predicted octanol–water partition coefficient (Wildman–Crippen LogP) is 4.07. The highest BCUT2D eigenvalue weighted by atomic mass is 32.1. The van der Waals surface area contributed by atoms with Crippen LogP contribution >= 0.6 is 11.3 Å². The van der Waals surface area contributed by atoms with Gasteiger partial charge in [0, 0.05) is 16.0 Å². The summed E-state index contributed by atoms with van der Waals surface area (Å²) in [6.45, 7) is 2.09. The van der Waals surface area contributed by atoms with E-state index in [-0.39, 0.29) is 25.3 Å². The Hall–Kier alpha value is -3.52. The number of carbonyl (C=O) groups excluding carboxylic acids is 2. The molecule has 0 spiro atoms. The van der Waals surface area contributed by atoms with E-state index >= 15 is 0 Å². The summed E-state index contributed by atoms with van der Waals surface area (Å²) in [4.78, 5) is 26.2. The Kier molecular flexibility index (Phi) is 4.99. The smallest absolute Gasteiger partial charge is 0.348 e. The lowest BCUT2D eigenvalue weighted by Gasteiger charge is -2.16. The number of para-hydroxylation sites is 1. The quantitative estimate of drug-likeness (QED) is 0.606. The van der Waals surface area contributed by atoms with Gasteiger partial charge in [-0.05, 0) is 42.8 Å². The fourth-order valence-electron chi connectivity index (χ4n) is 3.55. The van der Waals surface area contributed by atoms with Crippen molar-refractivity contribution in [3.8, 4) is 27.7 Å². The second-order valence-corrected chi connectivity index (χ2v) is 8.28. The van der Waals surface area contributed by atoms with Gasteiger partial charge in [0.1, 0.15) is 17.2 Å². The second-order valence-electron chi connectivity index (χ2n) is 7.23. The molecule has 0 saturated heterocycles. The average molecular weight is 437 g/mol. The number of hydrogen-bond donors (Lipinski definition) is 1. The van der Waals surface area contributed by atoms with Crippen LogP contribution in [0.5, 0.6) is 17.2 Å². The molecule has 2 aromatic carbocycles. The fraction of sp³-hybridized carbons (Fsp3) is 0.217. The summed E-state index contributed by atoms with van der Waals surface area (Å²) < 4.78 is 21.6. The first kappa shape index (κ1) is 19.4. The molecule has 1 atom stereocenters. The van der Waals surface area contributed by atoms with Gasteiger partial charge >= 0.3 is 5.97 Å². The molecule has 2 aliphatic rings. The third kappa shape index (κ3) is 3.82. The van der Waals surface area contributed by atoms with Gasteiger partial charge in [0.15, 0.2) is 18.1 Å². The topological polar surface area (TPSA) is 83.1 Å². The van der Waals surface area contributed by atoms with Gasteiger partial charge in [-0.25, -0.2) is 4.79 Å². The van der Waals surface area contributed by atoms with Gasteiger partial charge in [0.2, 0.25) is 6.79 Å². The van der Waals surface area contributed by atoms with Crippen molar-refractivity contribution < 1.29 is 28.5 Å². The van der Waals surface area contributed by atoms with Crippen molar-refractivity contribution >= 4 is 23.2 Å². The maximum Gasteiger partial charge on any atom is 0.348 e. The molecule has 3 aromatic rings. The molecule has 1 aromatic heterocycles. The maximum atomic E-state index is 12.5. The number of thiophene rings is 1. The Morgan fingerprint density at radius 3 is 2.81 bits per heavy atom. The molecule has 0 radical (unpaired) electrons. The number of nitrogens with one attached hydrogen (secondary N) is 1. The standard InChI is InChI=1S/C23H19NO6S/c1-13(14-6-7-18-19(8-14)30-12-29-18)24-21(25)11-28-23(26)20-9-15-10-27-17-5-3-2-4-16(17)22(15)31-20/h2-9,13H,10-12H2,1H3,(H,24,25). The Bertz CT molecular complexity index is 1170. The third-order valence-electron chi connectivity index (χ3n) is 5.13. The van der Waals surface area contributed by atoms with E-state index in [0.717, 1.165) is 27.3 Å². The zero-order valence-corrected chi connectivity index (χ0v) is 17.5. The van der Waals surface area contributed by atoms with Crippen LogP contribution in [0.2, 0.25) is 0 Å². The second kappa shape index (κ2) is 7.96. The number of hydrogen-bond acceptors (Lipinski definition) is 7. The Morgan fingerprint density at radius 1 is 1.06 bits per heavy atom. The molecular weight excluding hydrogens is 418 g/mol. The molecule has 8 heteroatoms. The Labute approximate surface area is 182 Å². The van der Waals surface area contributed by atoms with E-state index in [2.05, 4.69) is 5.32 Å². The Morgan fingerprint density at radius 2 is 1.90 bits per heavy atom. The zero-order valence-electron chi connectivity index (χ0n) is 16.7. The summed E-state index contributed by atoms with van der Waals surface area (Å²) in [7, 11) is 0. The summed E-state index contributed by atoms with van der Waals surface area (Å²) in [5, 5.41) is 2.83. The van der Waals surface area contributed by atoms with Crippen molar-refractivity contribution in [2.24, 2.45) is 0 Å². The summed E-state index contributed by atoms with van der Waals surface area (Å²) in [5.74, 6) is 1.23. The minimum atomic E-state index is -0.525. The summed E-state index contributed by atoms with van der Waals surface area (Å²) in [5.41, 5.74) is 2.77.